The van der Waals surface area contributed by atoms with E-state index in [1.165, 1.54) is 11.3 Å². The van der Waals surface area contributed by atoms with Crippen LogP contribution in [0.4, 0.5) is 0 Å². The minimum Gasteiger partial charge on any atom is -0.390 e. The van der Waals surface area contributed by atoms with Crippen LogP contribution in [0, 0.1) is 6.92 Å². The number of aryl methyl sites for hydroxylation is 3. The molecule has 12 heteroatoms. The van der Waals surface area contributed by atoms with Crippen molar-refractivity contribution < 1.29 is 14.7 Å². The molecule has 2 atom stereocenters. The lowest BCUT2D eigenvalue weighted by molar-refractivity contribution is 0.0637. The summed E-state index contributed by atoms with van der Waals surface area (Å²) in [6, 6.07) is 15.9. The van der Waals surface area contributed by atoms with Crippen LogP contribution in [0.2, 0.25) is 0 Å². The van der Waals surface area contributed by atoms with Crippen molar-refractivity contribution >= 4 is 23.2 Å². The van der Waals surface area contributed by atoms with Gasteiger partial charge in [-0.05, 0) is 37.1 Å². The molecule has 0 unspecified atom stereocenters. The summed E-state index contributed by atoms with van der Waals surface area (Å²) in [5.74, 6) is -0.566. The summed E-state index contributed by atoms with van der Waals surface area (Å²) in [5.41, 5.74) is 4.68. The first kappa shape index (κ1) is 32.7. The predicted molar refractivity (Wildman–Crippen MR) is 177 cm³/mol. The average molecular weight is 641 g/mol. The number of amides is 2. The largest absolute Gasteiger partial charge is 0.390 e. The van der Waals surface area contributed by atoms with E-state index in [0.29, 0.717) is 43.7 Å². The van der Waals surface area contributed by atoms with Crippen molar-refractivity contribution in [2.75, 3.05) is 13.6 Å². The number of aliphatic hydroxyl groups is 1. The number of carbonyl (C=O) groups is 2. The molecule has 0 spiro atoms. The Labute approximate surface area is 273 Å². The van der Waals surface area contributed by atoms with E-state index >= 15 is 0 Å². The molecule has 0 aliphatic carbocycles. The Bertz CT molecular complexity index is 1710. The van der Waals surface area contributed by atoms with Gasteiger partial charge in [-0.1, -0.05) is 36.4 Å². The standard InChI is InChI=1S/C34H40N8O3S/c1-24-23-46-32(37-24)22-39(2)34(45)29-12-8-11-28(14-29)33(44)38-30(13-25-9-6-5-7-10-25)31(43)21-42(19-26-15-35-40(3)17-26)20-27-16-36-41(4)18-27/h5-12,14-18,23,30-31,43H,13,19-22H2,1-4H3,(H,38,44)/t30-,31+/m0/s1. The van der Waals surface area contributed by atoms with E-state index in [9.17, 15) is 14.7 Å². The molecule has 0 bridgehead atoms. The van der Waals surface area contributed by atoms with Crippen molar-refractivity contribution in [2.45, 2.75) is 45.1 Å². The van der Waals surface area contributed by atoms with Gasteiger partial charge in [-0.2, -0.15) is 10.2 Å². The van der Waals surface area contributed by atoms with Crippen LogP contribution in [-0.2, 0) is 40.2 Å². The molecular weight excluding hydrogens is 600 g/mol. The number of aliphatic hydroxyl groups excluding tert-OH is 1. The lowest BCUT2D eigenvalue weighted by Gasteiger charge is -2.30. The molecule has 3 aromatic heterocycles. The number of hydrogen-bond donors (Lipinski definition) is 2. The van der Waals surface area contributed by atoms with Crippen LogP contribution in [0.5, 0.6) is 0 Å². The minimum atomic E-state index is -0.907. The molecular formula is C34H40N8O3S. The van der Waals surface area contributed by atoms with Gasteiger partial charge in [-0.15, -0.1) is 11.3 Å². The first-order valence-electron chi connectivity index (χ1n) is 15.1. The topological polar surface area (TPSA) is 121 Å². The fraction of sp³-hybridized carbons (Fsp3) is 0.324. The number of hydrogen-bond acceptors (Lipinski definition) is 8. The monoisotopic (exact) mass is 640 g/mol. The Morgan fingerprint density at radius 3 is 2.15 bits per heavy atom. The first-order chi connectivity index (χ1) is 22.1. The van der Waals surface area contributed by atoms with Crippen LogP contribution in [0.15, 0.2) is 84.8 Å². The van der Waals surface area contributed by atoms with Crippen molar-refractivity contribution in [2.24, 2.45) is 14.1 Å². The van der Waals surface area contributed by atoms with E-state index in [0.717, 1.165) is 27.4 Å². The highest BCUT2D eigenvalue weighted by Crippen LogP contribution is 2.16. The fourth-order valence-corrected chi connectivity index (χ4v) is 6.19. The zero-order valence-electron chi connectivity index (χ0n) is 26.6. The van der Waals surface area contributed by atoms with Gasteiger partial charge in [0.1, 0.15) is 5.01 Å². The maximum Gasteiger partial charge on any atom is 0.253 e. The second-order valence-electron chi connectivity index (χ2n) is 11.7. The van der Waals surface area contributed by atoms with Crippen LogP contribution >= 0.6 is 11.3 Å². The number of nitrogens with one attached hydrogen (secondary N) is 1. The molecule has 46 heavy (non-hydrogen) atoms. The van der Waals surface area contributed by atoms with E-state index in [1.54, 1.807) is 45.6 Å². The third-order valence-corrected chi connectivity index (χ3v) is 8.56. The summed E-state index contributed by atoms with van der Waals surface area (Å²) in [7, 11) is 5.47. The van der Waals surface area contributed by atoms with Gasteiger partial charge in [0.15, 0.2) is 0 Å². The fourth-order valence-electron chi connectivity index (χ4n) is 5.37. The van der Waals surface area contributed by atoms with E-state index in [-0.39, 0.29) is 11.8 Å². The zero-order chi connectivity index (χ0) is 32.6. The SMILES string of the molecule is Cc1csc(CN(C)C(=O)c2cccc(C(=O)N[C@@H](Cc3ccccc3)[C@H](O)CN(Cc3cnn(C)c3)Cc3cnn(C)c3)c2)n1. The van der Waals surface area contributed by atoms with Gasteiger partial charge < -0.3 is 15.3 Å². The number of rotatable bonds is 14. The van der Waals surface area contributed by atoms with Gasteiger partial charge in [0.05, 0.1) is 31.1 Å². The molecule has 0 saturated heterocycles. The number of thiazole rings is 1. The van der Waals surface area contributed by atoms with Crippen molar-refractivity contribution in [3.63, 3.8) is 0 Å². The van der Waals surface area contributed by atoms with Gasteiger partial charge in [0.25, 0.3) is 11.8 Å². The van der Waals surface area contributed by atoms with E-state index < -0.39 is 12.1 Å². The molecule has 3 heterocycles. The molecule has 0 fully saturated rings. The first-order valence-corrected chi connectivity index (χ1v) is 16.0. The Kier molecular flexibility index (Phi) is 10.7. The number of nitrogens with zero attached hydrogens (tertiary/aromatic N) is 7. The number of benzene rings is 2. The quantitative estimate of drug-likeness (QED) is 0.190. The summed E-state index contributed by atoms with van der Waals surface area (Å²) in [4.78, 5) is 35.1. The Hall–Kier alpha value is -4.65. The Morgan fingerprint density at radius 2 is 1.57 bits per heavy atom. The van der Waals surface area contributed by atoms with Gasteiger partial charge in [-0.25, -0.2) is 4.98 Å². The van der Waals surface area contributed by atoms with Crippen LogP contribution in [0.1, 0.15) is 48.1 Å². The third-order valence-electron chi connectivity index (χ3n) is 7.61. The molecule has 5 aromatic rings. The minimum absolute atomic E-state index is 0.204. The molecule has 240 valence electrons. The van der Waals surface area contributed by atoms with Crippen LogP contribution in [-0.4, -0.2) is 77.0 Å². The normalized spacial score (nSPS) is 12.7. The van der Waals surface area contributed by atoms with Crippen LogP contribution in [0.3, 0.4) is 0 Å². The summed E-state index contributed by atoms with van der Waals surface area (Å²) in [5, 5.41) is 26.2. The number of aromatic nitrogens is 5. The van der Waals surface area contributed by atoms with Gasteiger partial charge in [-0.3, -0.25) is 23.9 Å². The predicted octanol–water partition coefficient (Wildman–Crippen LogP) is 3.60. The van der Waals surface area contributed by atoms with Gasteiger partial charge >= 0.3 is 0 Å². The van der Waals surface area contributed by atoms with Gasteiger partial charge in [0.2, 0.25) is 0 Å². The summed E-state index contributed by atoms with van der Waals surface area (Å²) in [6.45, 7) is 3.72. The molecule has 11 nitrogen and oxygen atoms in total. The lowest BCUT2D eigenvalue weighted by Crippen LogP contribution is -2.49. The van der Waals surface area contributed by atoms with E-state index in [2.05, 4.69) is 25.4 Å². The van der Waals surface area contributed by atoms with E-state index in [1.807, 2.05) is 81.5 Å². The second-order valence-corrected chi connectivity index (χ2v) is 12.6. The average Bonchev–Trinajstić information content (AvgIpc) is 3.77. The smallest absolute Gasteiger partial charge is 0.253 e. The molecule has 0 saturated carbocycles. The maximum atomic E-state index is 13.7. The highest BCUT2D eigenvalue weighted by molar-refractivity contribution is 7.09. The molecule has 0 aliphatic rings. The highest BCUT2D eigenvalue weighted by atomic mass is 32.1. The maximum absolute atomic E-state index is 13.7. The second kappa shape index (κ2) is 15.1. The Morgan fingerprint density at radius 1 is 0.913 bits per heavy atom. The summed E-state index contributed by atoms with van der Waals surface area (Å²) in [6.07, 6.45) is 7.06. The Balaban J connectivity index is 1.32. The van der Waals surface area contributed by atoms with Crippen LogP contribution < -0.4 is 5.32 Å². The van der Waals surface area contributed by atoms with Crippen LogP contribution in [0.25, 0.3) is 0 Å². The van der Waals surface area contributed by atoms with Crippen molar-refractivity contribution in [3.8, 4) is 0 Å². The van der Waals surface area contributed by atoms with Crippen molar-refractivity contribution in [3.05, 3.63) is 123 Å². The molecule has 0 aliphatic heterocycles. The van der Waals surface area contributed by atoms with Crippen molar-refractivity contribution in [1.82, 2.24) is 39.7 Å². The van der Waals surface area contributed by atoms with Gasteiger partial charge in [0, 0.05) is 86.5 Å². The summed E-state index contributed by atoms with van der Waals surface area (Å²) < 4.78 is 3.51. The zero-order valence-corrected chi connectivity index (χ0v) is 27.4. The third kappa shape index (κ3) is 8.96. The molecule has 2 aromatic carbocycles. The molecule has 2 N–H and O–H groups in total. The summed E-state index contributed by atoms with van der Waals surface area (Å²) >= 11 is 1.51. The molecule has 5 rings (SSSR count). The van der Waals surface area contributed by atoms with E-state index in [4.69, 9.17) is 0 Å². The molecule has 0 radical (unpaired) electrons. The highest BCUT2D eigenvalue weighted by Gasteiger charge is 2.26. The van der Waals surface area contributed by atoms with Crippen molar-refractivity contribution in [1.29, 1.82) is 0 Å². The number of carbonyl (C=O) groups excluding carboxylic acids is 2. The lowest BCUT2D eigenvalue weighted by atomic mass is 9.99. The molecule has 2 amide bonds.